The minimum atomic E-state index is 0.352. The summed E-state index contributed by atoms with van der Waals surface area (Å²) in [5.41, 5.74) is 0. The van der Waals surface area contributed by atoms with E-state index in [2.05, 4.69) is 53.0 Å². The molecule has 0 aromatic carbocycles. The number of hydrogen-bond donors (Lipinski definition) is 1. The van der Waals surface area contributed by atoms with Crippen molar-refractivity contribution in [3.63, 3.8) is 0 Å². The van der Waals surface area contributed by atoms with Gasteiger partial charge in [-0.1, -0.05) is 26.8 Å². The fraction of sp³-hybridized carbons (Fsp3) is 0.538. The second kappa shape index (κ2) is 6.29. The Labute approximate surface area is 116 Å². The van der Waals surface area contributed by atoms with Crippen LogP contribution in [0.25, 0.3) is 0 Å². The van der Waals surface area contributed by atoms with Crippen molar-refractivity contribution in [2.75, 3.05) is 5.32 Å². The molecule has 98 valence electrons. The molecule has 0 fully saturated rings. The maximum Gasteiger partial charge on any atom is 0.203 e. The van der Waals surface area contributed by atoms with Gasteiger partial charge in [-0.3, -0.25) is 0 Å². The molecule has 0 bridgehead atoms. The Balaban J connectivity index is 2.01. The Kier molecular flexibility index (Phi) is 4.72. The average molecular weight is 281 g/mol. The van der Waals surface area contributed by atoms with Crippen LogP contribution in [0.1, 0.15) is 43.9 Å². The molecule has 2 rings (SSSR count). The van der Waals surface area contributed by atoms with E-state index >= 15 is 0 Å². The zero-order valence-corrected chi connectivity index (χ0v) is 12.6. The quantitative estimate of drug-likeness (QED) is 0.854. The molecule has 1 unspecified atom stereocenters. The van der Waals surface area contributed by atoms with Crippen LogP contribution in [0.15, 0.2) is 17.5 Å². The van der Waals surface area contributed by atoms with Crippen molar-refractivity contribution in [3.8, 4) is 0 Å². The highest BCUT2D eigenvalue weighted by Gasteiger charge is 2.13. The standard InChI is InChI=1S/C13H19N3S2/c1-4-10(11-6-5-7-17-11)14-13-15-12(16-18-13)8-9(2)3/h5-7,9-10H,4,8H2,1-3H3,(H,14,15,16). The number of anilines is 1. The molecular formula is C13H19N3S2. The molecule has 0 radical (unpaired) electrons. The Morgan fingerprint density at radius 1 is 1.39 bits per heavy atom. The van der Waals surface area contributed by atoms with Crippen molar-refractivity contribution < 1.29 is 0 Å². The van der Waals surface area contributed by atoms with Crippen LogP contribution in [-0.4, -0.2) is 9.36 Å². The maximum atomic E-state index is 4.55. The maximum absolute atomic E-state index is 4.55. The number of thiophene rings is 1. The average Bonchev–Trinajstić information content (AvgIpc) is 2.96. The largest absolute Gasteiger partial charge is 0.353 e. The van der Waals surface area contributed by atoms with Crippen molar-refractivity contribution in [2.45, 2.75) is 39.7 Å². The first-order valence-corrected chi connectivity index (χ1v) is 7.96. The summed E-state index contributed by atoms with van der Waals surface area (Å²) < 4.78 is 4.40. The molecule has 18 heavy (non-hydrogen) atoms. The molecule has 0 saturated heterocycles. The molecule has 1 atom stereocenters. The first-order valence-electron chi connectivity index (χ1n) is 6.31. The lowest BCUT2D eigenvalue weighted by atomic mass is 10.1. The van der Waals surface area contributed by atoms with E-state index < -0.39 is 0 Å². The predicted octanol–water partition coefficient (Wildman–Crippen LogP) is 4.36. The summed E-state index contributed by atoms with van der Waals surface area (Å²) in [6.07, 6.45) is 2.01. The highest BCUT2D eigenvalue weighted by atomic mass is 32.1. The van der Waals surface area contributed by atoms with Gasteiger partial charge in [-0.15, -0.1) is 11.3 Å². The summed E-state index contributed by atoms with van der Waals surface area (Å²) >= 11 is 3.25. The molecule has 2 heterocycles. The van der Waals surface area contributed by atoms with E-state index in [0.29, 0.717) is 12.0 Å². The Morgan fingerprint density at radius 2 is 2.22 bits per heavy atom. The van der Waals surface area contributed by atoms with Gasteiger partial charge in [0.25, 0.3) is 0 Å². The number of rotatable bonds is 6. The van der Waals surface area contributed by atoms with Gasteiger partial charge in [0.05, 0.1) is 6.04 Å². The Hall–Kier alpha value is -0.940. The van der Waals surface area contributed by atoms with E-state index in [1.54, 1.807) is 11.3 Å². The van der Waals surface area contributed by atoms with Crippen LogP contribution in [0.4, 0.5) is 5.13 Å². The minimum Gasteiger partial charge on any atom is -0.353 e. The summed E-state index contributed by atoms with van der Waals surface area (Å²) in [6.45, 7) is 6.57. The van der Waals surface area contributed by atoms with E-state index in [9.17, 15) is 0 Å². The fourth-order valence-corrected chi connectivity index (χ4v) is 3.28. The topological polar surface area (TPSA) is 37.8 Å². The lowest BCUT2D eigenvalue weighted by Gasteiger charge is -2.13. The van der Waals surface area contributed by atoms with E-state index in [0.717, 1.165) is 23.8 Å². The Bertz CT molecular complexity index is 462. The SMILES string of the molecule is CCC(Nc1nc(CC(C)C)ns1)c1cccs1. The van der Waals surface area contributed by atoms with Crippen LogP contribution in [0.5, 0.6) is 0 Å². The van der Waals surface area contributed by atoms with Gasteiger partial charge >= 0.3 is 0 Å². The number of nitrogens with one attached hydrogen (secondary N) is 1. The predicted molar refractivity (Wildman–Crippen MR) is 79.4 cm³/mol. The number of nitrogens with zero attached hydrogens (tertiary/aromatic N) is 2. The molecule has 1 N–H and O–H groups in total. The zero-order valence-electron chi connectivity index (χ0n) is 11.0. The molecule has 2 aromatic rings. The molecule has 3 nitrogen and oxygen atoms in total. The number of aromatic nitrogens is 2. The van der Waals surface area contributed by atoms with Crippen molar-refractivity contribution in [2.24, 2.45) is 5.92 Å². The third kappa shape index (κ3) is 3.53. The van der Waals surface area contributed by atoms with E-state index in [4.69, 9.17) is 0 Å². The molecule has 5 heteroatoms. The van der Waals surface area contributed by atoms with E-state index in [1.807, 2.05) is 0 Å². The highest BCUT2D eigenvalue weighted by Crippen LogP contribution is 2.27. The first kappa shape index (κ1) is 13.5. The fourth-order valence-electron chi connectivity index (χ4n) is 1.77. The van der Waals surface area contributed by atoms with Gasteiger partial charge in [-0.2, -0.15) is 4.37 Å². The van der Waals surface area contributed by atoms with E-state index in [-0.39, 0.29) is 0 Å². The van der Waals surface area contributed by atoms with Gasteiger partial charge in [0.1, 0.15) is 5.82 Å². The van der Waals surface area contributed by atoms with Crippen LogP contribution in [-0.2, 0) is 6.42 Å². The first-order chi connectivity index (χ1) is 8.69. The molecule has 0 aliphatic rings. The summed E-state index contributed by atoms with van der Waals surface area (Å²) in [5, 5.41) is 6.53. The summed E-state index contributed by atoms with van der Waals surface area (Å²) in [7, 11) is 0. The summed E-state index contributed by atoms with van der Waals surface area (Å²) in [4.78, 5) is 5.91. The van der Waals surface area contributed by atoms with Crippen LogP contribution in [0.3, 0.4) is 0 Å². The third-order valence-electron chi connectivity index (χ3n) is 2.65. The number of hydrogen-bond acceptors (Lipinski definition) is 5. The second-order valence-electron chi connectivity index (χ2n) is 4.73. The molecule has 0 aliphatic heterocycles. The minimum absolute atomic E-state index is 0.352. The van der Waals surface area contributed by atoms with Gasteiger partial charge in [0.15, 0.2) is 0 Å². The van der Waals surface area contributed by atoms with Gasteiger partial charge in [0.2, 0.25) is 5.13 Å². The Morgan fingerprint density at radius 3 is 2.83 bits per heavy atom. The monoisotopic (exact) mass is 281 g/mol. The van der Waals surface area contributed by atoms with Gasteiger partial charge in [-0.25, -0.2) is 4.98 Å². The summed E-state index contributed by atoms with van der Waals surface area (Å²) in [5.74, 6) is 1.56. The molecule has 0 saturated carbocycles. The van der Waals surface area contributed by atoms with Crippen molar-refractivity contribution in [1.29, 1.82) is 0 Å². The molecule has 2 aromatic heterocycles. The lowest BCUT2D eigenvalue weighted by Crippen LogP contribution is -2.08. The third-order valence-corrected chi connectivity index (χ3v) is 4.32. The van der Waals surface area contributed by atoms with Crippen LogP contribution in [0.2, 0.25) is 0 Å². The molecular weight excluding hydrogens is 262 g/mol. The smallest absolute Gasteiger partial charge is 0.203 e. The molecule has 0 spiro atoms. The normalized spacial score (nSPS) is 12.9. The lowest BCUT2D eigenvalue weighted by molar-refractivity contribution is 0.627. The molecule has 0 aliphatic carbocycles. The second-order valence-corrected chi connectivity index (χ2v) is 6.47. The van der Waals surface area contributed by atoms with Crippen molar-refractivity contribution in [3.05, 3.63) is 28.2 Å². The van der Waals surface area contributed by atoms with Crippen molar-refractivity contribution in [1.82, 2.24) is 9.36 Å². The van der Waals surface area contributed by atoms with Gasteiger partial charge in [0, 0.05) is 22.8 Å². The van der Waals surface area contributed by atoms with Crippen molar-refractivity contribution >= 4 is 28.0 Å². The van der Waals surface area contributed by atoms with Crippen LogP contribution in [0, 0.1) is 5.92 Å². The highest BCUT2D eigenvalue weighted by molar-refractivity contribution is 7.10. The van der Waals surface area contributed by atoms with Crippen LogP contribution >= 0.6 is 22.9 Å². The molecule has 0 amide bonds. The summed E-state index contributed by atoms with van der Waals surface area (Å²) in [6, 6.07) is 4.61. The van der Waals surface area contributed by atoms with Gasteiger partial charge < -0.3 is 5.32 Å². The zero-order chi connectivity index (χ0) is 13.0. The van der Waals surface area contributed by atoms with Crippen LogP contribution < -0.4 is 5.32 Å². The van der Waals surface area contributed by atoms with E-state index in [1.165, 1.54) is 16.4 Å². The van der Waals surface area contributed by atoms with Gasteiger partial charge in [-0.05, 0) is 23.8 Å².